The topological polar surface area (TPSA) is 54.0 Å². The minimum absolute atomic E-state index is 0.0889. The van der Waals surface area contributed by atoms with Gasteiger partial charge in [0.15, 0.2) is 0 Å². The Morgan fingerprint density at radius 2 is 2.18 bits per heavy atom. The van der Waals surface area contributed by atoms with E-state index < -0.39 is 0 Å². The average Bonchev–Trinajstić information content (AvgIpc) is 2.81. The Bertz CT molecular complexity index is 416. The van der Waals surface area contributed by atoms with Crippen LogP contribution in [0.2, 0.25) is 5.02 Å². The molecule has 92 valence electrons. The number of aromatic nitrogens is 1. The minimum atomic E-state index is -0.0889. The van der Waals surface area contributed by atoms with Crippen LogP contribution in [0.5, 0.6) is 0 Å². The van der Waals surface area contributed by atoms with E-state index in [1.54, 1.807) is 19.3 Å². The number of carbonyl (C=O) groups excluding carboxylic acids is 1. The van der Waals surface area contributed by atoms with Crippen molar-refractivity contribution in [3.05, 3.63) is 22.8 Å². The normalized spacial score (nSPS) is 15.9. The zero-order valence-corrected chi connectivity index (χ0v) is 10.5. The highest BCUT2D eigenvalue weighted by Gasteiger charge is 2.18. The van der Waals surface area contributed by atoms with E-state index in [2.05, 4.69) is 15.6 Å². The molecule has 1 aromatic rings. The number of hydrogen-bond donors (Lipinski definition) is 2. The van der Waals surface area contributed by atoms with Gasteiger partial charge in [-0.2, -0.15) is 0 Å². The van der Waals surface area contributed by atoms with Gasteiger partial charge < -0.3 is 10.6 Å². The summed E-state index contributed by atoms with van der Waals surface area (Å²) in [5.74, 6) is 0.498. The molecular formula is C12H16ClN3O. The summed E-state index contributed by atoms with van der Waals surface area (Å²) in [7, 11) is 1.74. The van der Waals surface area contributed by atoms with Crippen LogP contribution < -0.4 is 10.6 Å². The number of pyridine rings is 1. The summed E-state index contributed by atoms with van der Waals surface area (Å²) in [6.07, 6.45) is 6.08. The van der Waals surface area contributed by atoms with Crippen molar-refractivity contribution in [3.8, 4) is 0 Å². The molecule has 0 saturated heterocycles. The Kier molecular flexibility index (Phi) is 3.84. The van der Waals surface area contributed by atoms with Gasteiger partial charge in [0.1, 0.15) is 5.82 Å². The van der Waals surface area contributed by atoms with E-state index in [0.717, 1.165) is 12.8 Å². The molecule has 0 radical (unpaired) electrons. The first kappa shape index (κ1) is 12.2. The van der Waals surface area contributed by atoms with Gasteiger partial charge in [0, 0.05) is 19.3 Å². The molecule has 1 amide bonds. The van der Waals surface area contributed by atoms with E-state index in [9.17, 15) is 4.79 Å². The van der Waals surface area contributed by atoms with Gasteiger partial charge in [0.05, 0.1) is 10.6 Å². The standard InChI is InChI=1S/C12H16ClN3O/c1-14-11-10(13)6-8(7-15-11)12(17)16-9-4-2-3-5-9/h6-7,9H,2-5H2,1H3,(H,14,15)(H,16,17). The summed E-state index contributed by atoms with van der Waals surface area (Å²) < 4.78 is 0. The molecule has 1 aromatic heterocycles. The highest BCUT2D eigenvalue weighted by Crippen LogP contribution is 2.21. The van der Waals surface area contributed by atoms with Gasteiger partial charge in [-0.1, -0.05) is 24.4 Å². The molecule has 2 rings (SSSR count). The van der Waals surface area contributed by atoms with Crippen LogP contribution in [-0.4, -0.2) is 24.0 Å². The fourth-order valence-corrected chi connectivity index (χ4v) is 2.35. The first-order valence-electron chi connectivity index (χ1n) is 5.85. The van der Waals surface area contributed by atoms with Crippen molar-refractivity contribution in [1.29, 1.82) is 0 Å². The molecule has 0 atom stereocenters. The molecule has 1 saturated carbocycles. The third-order valence-corrected chi connectivity index (χ3v) is 3.32. The Morgan fingerprint density at radius 3 is 2.76 bits per heavy atom. The van der Waals surface area contributed by atoms with Crippen molar-refractivity contribution >= 4 is 23.3 Å². The van der Waals surface area contributed by atoms with Crippen LogP contribution >= 0.6 is 11.6 Å². The zero-order chi connectivity index (χ0) is 12.3. The lowest BCUT2D eigenvalue weighted by Gasteiger charge is -2.12. The first-order valence-corrected chi connectivity index (χ1v) is 6.22. The lowest BCUT2D eigenvalue weighted by molar-refractivity contribution is 0.0937. The van der Waals surface area contributed by atoms with Gasteiger partial charge in [-0.15, -0.1) is 0 Å². The predicted molar refractivity (Wildman–Crippen MR) is 68.5 cm³/mol. The molecule has 0 spiro atoms. The number of nitrogens with one attached hydrogen (secondary N) is 2. The van der Waals surface area contributed by atoms with E-state index in [0.29, 0.717) is 22.4 Å². The van der Waals surface area contributed by atoms with Crippen molar-refractivity contribution < 1.29 is 4.79 Å². The largest absolute Gasteiger partial charge is 0.372 e. The van der Waals surface area contributed by atoms with Crippen molar-refractivity contribution in [2.45, 2.75) is 31.7 Å². The molecule has 0 unspecified atom stereocenters. The fourth-order valence-electron chi connectivity index (χ4n) is 2.08. The molecule has 0 aliphatic heterocycles. The molecule has 5 heteroatoms. The molecule has 0 aromatic carbocycles. The van der Waals surface area contributed by atoms with Crippen LogP contribution in [0.1, 0.15) is 36.0 Å². The van der Waals surface area contributed by atoms with Crippen LogP contribution in [0.4, 0.5) is 5.82 Å². The Hall–Kier alpha value is -1.29. The second-order valence-electron chi connectivity index (χ2n) is 4.26. The predicted octanol–water partition coefficient (Wildman–Crippen LogP) is 2.45. The van der Waals surface area contributed by atoms with Crippen molar-refractivity contribution in [2.75, 3.05) is 12.4 Å². The summed E-state index contributed by atoms with van der Waals surface area (Å²) in [6.45, 7) is 0. The van der Waals surface area contributed by atoms with Crippen LogP contribution in [0.15, 0.2) is 12.3 Å². The lowest BCUT2D eigenvalue weighted by Crippen LogP contribution is -2.32. The number of amides is 1. The SMILES string of the molecule is CNc1ncc(C(=O)NC2CCCC2)cc1Cl. The maximum absolute atomic E-state index is 11.9. The highest BCUT2D eigenvalue weighted by molar-refractivity contribution is 6.33. The lowest BCUT2D eigenvalue weighted by atomic mass is 10.2. The number of hydrogen-bond acceptors (Lipinski definition) is 3. The molecule has 1 aliphatic rings. The van der Waals surface area contributed by atoms with Crippen LogP contribution in [0.25, 0.3) is 0 Å². The summed E-state index contributed by atoms with van der Waals surface area (Å²) in [4.78, 5) is 16.0. The number of carbonyl (C=O) groups is 1. The van der Waals surface area contributed by atoms with E-state index in [-0.39, 0.29) is 5.91 Å². The molecule has 2 N–H and O–H groups in total. The summed E-state index contributed by atoms with van der Waals surface area (Å²) in [6, 6.07) is 1.95. The van der Waals surface area contributed by atoms with Gasteiger partial charge in [0.25, 0.3) is 5.91 Å². The smallest absolute Gasteiger partial charge is 0.253 e. The van der Waals surface area contributed by atoms with Crippen LogP contribution in [-0.2, 0) is 0 Å². The van der Waals surface area contributed by atoms with Gasteiger partial charge in [-0.3, -0.25) is 4.79 Å². The zero-order valence-electron chi connectivity index (χ0n) is 9.79. The van der Waals surface area contributed by atoms with Crippen molar-refractivity contribution in [3.63, 3.8) is 0 Å². The van der Waals surface area contributed by atoms with Gasteiger partial charge in [-0.05, 0) is 18.9 Å². The Balaban J connectivity index is 2.05. The van der Waals surface area contributed by atoms with Crippen molar-refractivity contribution in [2.24, 2.45) is 0 Å². The summed E-state index contributed by atoms with van der Waals surface area (Å²) in [5.41, 5.74) is 0.515. The maximum Gasteiger partial charge on any atom is 0.253 e. The molecule has 1 heterocycles. The van der Waals surface area contributed by atoms with E-state index >= 15 is 0 Å². The Labute approximate surface area is 106 Å². The second-order valence-corrected chi connectivity index (χ2v) is 4.67. The molecular weight excluding hydrogens is 238 g/mol. The first-order chi connectivity index (χ1) is 8.20. The van der Waals surface area contributed by atoms with Crippen LogP contribution in [0.3, 0.4) is 0 Å². The summed E-state index contributed by atoms with van der Waals surface area (Å²) in [5, 5.41) is 6.33. The second kappa shape index (κ2) is 5.36. The van der Waals surface area contributed by atoms with Crippen LogP contribution in [0, 0.1) is 0 Å². The van der Waals surface area contributed by atoms with E-state index in [1.165, 1.54) is 12.8 Å². The van der Waals surface area contributed by atoms with Gasteiger partial charge in [-0.25, -0.2) is 4.98 Å². The number of halogens is 1. The van der Waals surface area contributed by atoms with Crippen molar-refractivity contribution in [1.82, 2.24) is 10.3 Å². The third kappa shape index (κ3) is 2.88. The van der Waals surface area contributed by atoms with Gasteiger partial charge in [0.2, 0.25) is 0 Å². The average molecular weight is 254 g/mol. The molecule has 1 aliphatic carbocycles. The van der Waals surface area contributed by atoms with E-state index in [1.807, 2.05) is 0 Å². The molecule has 4 nitrogen and oxygen atoms in total. The monoisotopic (exact) mass is 253 g/mol. The minimum Gasteiger partial charge on any atom is -0.372 e. The molecule has 17 heavy (non-hydrogen) atoms. The highest BCUT2D eigenvalue weighted by atomic mass is 35.5. The molecule has 0 bridgehead atoms. The fraction of sp³-hybridized carbons (Fsp3) is 0.500. The number of anilines is 1. The quantitative estimate of drug-likeness (QED) is 0.870. The summed E-state index contributed by atoms with van der Waals surface area (Å²) >= 11 is 5.99. The number of rotatable bonds is 3. The third-order valence-electron chi connectivity index (χ3n) is 3.03. The number of nitrogens with zero attached hydrogens (tertiary/aromatic N) is 1. The van der Waals surface area contributed by atoms with E-state index in [4.69, 9.17) is 11.6 Å². The Morgan fingerprint density at radius 1 is 1.47 bits per heavy atom. The molecule has 1 fully saturated rings. The maximum atomic E-state index is 11.9. The van der Waals surface area contributed by atoms with Gasteiger partial charge >= 0.3 is 0 Å².